The van der Waals surface area contributed by atoms with Gasteiger partial charge in [-0.25, -0.2) is 0 Å². The van der Waals surface area contributed by atoms with E-state index in [0.717, 1.165) is 27.0 Å². The van der Waals surface area contributed by atoms with Gasteiger partial charge in [0.05, 0.1) is 0 Å². The second-order valence-electron chi connectivity index (χ2n) is 5.53. The number of thioether (sulfide) groups is 1. The van der Waals surface area contributed by atoms with Crippen molar-refractivity contribution in [2.24, 2.45) is 0 Å². The highest BCUT2D eigenvalue weighted by Gasteiger charge is 2.27. The van der Waals surface area contributed by atoms with Crippen LogP contribution in [0.4, 0.5) is 5.69 Å². The van der Waals surface area contributed by atoms with Crippen molar-refractivity contribution in [1.29, 1.82) is 0 Å². The Labute approximate surface area is 168 Å². The van der Waals surface area contributed by atoms with Crippen molar-refractivity contribution in [3.05, 3.63) is 57.5 Å². The zero-order valence-corrected chi connectivity index (χ0v) is 16.9. The van der Waals surface area contributed by atoms with E-state index < -0.39 is 6.23 Å². The minimum Gasteiger partial charge on any atom is -0.448 e. The number of aromatic nitrogens is 3. The average molecular weight is 450 g/mol. The fourth-order valence-electron chi connectivity index (χ4n) is 2.69. The molecule has 0 saturated carbocycles. The summed E-state index contributed by atoms with van der Waals surface area (Å²) in [4.78, 5) is 4.57. The van der Waals surface area contributed by atoms with Crippen LogP contribution in [0.1, 0.15) is 18.7 Å². The summed E-state index contributed by atoms with van der Waals surface area (Å²) in [5.41, 5.74) is 3.18. The maximum Gasteiger partial charge on any atom is 0.247 e. The third-order valence-corrected chi connectivity index (χ3v) is 5.41. The number of benzene rings is 2. The Bertz CT molecular complexity index is 972. The van der Waals surface area contributed by atoms with Crippen LogP contribution in [0.2, 0.25) is 5.02 Å². The topological polar surface area (TPSA) is 59.9 Å². The van der Waals surface area contributed by atoms with Gasteiger partial charge in [0.2, 0.25) is 11.0 Å². The van der Waals surface area contributed by atoms with E-state index in [0.29, 0.717) is 21.8 Å². The van der Waals surface area contributed by atoms with Crippen molar-refractivity contribution in [3.8, 4) is 17.1 Å². The van der Waals surface area contributed by atoms with Crippen LogP contribution < -0.4 is 10.1 Å². The van der Waals surface area contributed by atoms with E-state index in [4.69, 9.17) is 16.3 Å². The number of hydrogen-bond donors (Lipinski definition) is 1. The van der Waals surface area contributed by atoms with E-state index in [1.54, 1.807) is 0 Å². The molecule has 0 spiro atoms. The minimum atomic E-state index is -0.485. The maximum absolute atomic E-state index is 6.39. The average Bonchev–Trinajstić information content (AvgIpc) is 2.78. The Morgan fingerprint density at radius 2 is 2.08 bits per heavy atom. The monoisotopic (exact) mass is 448 g/mol. The van der Waals surface area contributed by atoms with Gasteiger partial charge in [-0.3, -0.25) is 0 Å². The van der Waals surface area contributed by atoms with Gasteiger partial charge in [0.25, 0.3) is 0 Å². The van der Waals surface area contributed by atoms with Gasteiger partial charge in [-0.2, -0.15) is 4.98 Å². The third-order valence-electron chi connectivity index (χ3n) is 3.85. The molecule has 1 N–H and O–H groups in total. The molecule has 1 aliphatic rings. The number of halogens is 2. The number of hydrogen-bond acceptors (Lipinski definition) is 6. The lowest BCUT2D eigenvalue weighted by molar-refractivity contribution is 0.225. The highest BCUT2D eigenvalue weighted by atomic mass is 79.9. The van der Waals surface area contributed by atoms with Gasteiger partial charge in [-0.1, -0.05) is 64.4 Å². The summed E-state index contributed by atoms with van der Waals surface area (Å²) in [6, 6.07) is 13.5. The van der Waals surface area contributed by atoms with Gasteiger partial charge in [-0.05, 0) is 30.0 Å². The molecule has 5 nitrogen and oxygen atoms in total. The van der Waals surface area contributed by atoms with Crippen molar-refractivity contribution in [2.45, 2.75) is 18.3 Å². The number of nitrogens with zero attached hydrogens (tertiary/aromatic N) is 3. The Balaban J connectivity index is 1.87. The van der Waals surface area contributed by atoms with Crippen LogP contribution in [0.25, 0.3) is 11.3 Å². The molecule has 3 aromatic rings. The number of fused-ring (bicyclic) bond motifs is 3. The molecule has 8 heteroatoms. The van der Waals surface area contributed by atoms with E-state index in [9.17, 15) is 0 Å². The molecule has 2 heterocycles. The number of ether oxygens (including phenoxy) is 1. The van der Waals surface area contributed by atoms with Gasteiger partial charge in [-0.15, -0.1) is 10.2 Å². The first-order valence-corrected chi connectivity index (χ1v) is 10.2. The SMILES string of the molecule is CCSc1nnc2c(n1)O[C@H](c1ccccc1Cl)Nc1ccc(Br)cc1-2. The largest absolute Gasteiger partial charge is 0.448 e. The van der Waals surface area contributed by atoms with Gasteiger partial charge in [0.1, 0.15) is 0 Å². The number of rotatable bonds is 3. The quantitative estimate of drug-likeness (QED) is 0.528. The molecule has 132 valence electrons. The highest BCUT2D eigenvalue weighted by Crippen LogP contribution is 2.41. The molecule has 26 heavy (non-hydrogen) atoms. The molecule has 0 amide bonds. The van der Waals surface area contributed by atoms with E-state index in [-0.39, 0.29) is 0 Å². The van der Waals surface area contributed by atoms with Crippen LogP contribution in [0, 0.1) is 0 Å². The first-order chi connectivity index (χ1) is 12.7. The predicted octanol–water partition coefficient (Wildman–Crippen LogP) is 5.57. The second-order valence-corrected chi connectivity index (χ2v) is 8.09. The number of nitrogens with one attached hydrogen (secondary N) is 1. The van der Waals surface area contributed by atoms with Crippen molar-refractivity contribution in [3.63, 3.8) is 0 Å². The van der Waals surface area contributed by atoms with Gasteiger partial charge < -0.3 is 10.1 Å². The normalized spacial score (nSPS) is 15.3. The van der Waals surface area contributed by atoms with Crippen molar-refractivity contribution < 1.29 is 4.74 Å². The second kappa shape index (κ2) is 7.42. The van der Waals surface area contributed by atoms with Crippen LogP contribution in [0.3, 0.4) is 0 Å². The summed E-state index contributed by atoms with van der Waals surface area (Å²) in [6.45, 7) is 2.04. The molecule has 0 aliphatic carbocycles. The summed E-state index contributed by atoms with van der Waals surface area (Å²) >= 11 is 11.4. The lowest BCUT2D eigenvalue weighted by Crippen LogP contribution is -2.17. The van der Waals surface area contributed by atoms with Crippen molar-refractivity contribution >= 4 is 45.0 Å². The summed E-state index contributed by atoms with van der Waals surface area (Å²) in [7, 11) is 0. The Morgan fingerprint density at radius 3 is 2.88 bits per heavy atom. The smallest absolute Gasteiger partial charge is 0.247 e. The molecule has 0 radical (unpaired) electrons. The van der Waals surface area contributed by atoms with E-state index in [2.05, 4.69) is 36.4 Å². The van der Waals surface area contributed by atoms with Gasteiger partial charge in [0.15, 0.2) is 11.9 Å². The minimum absolute atomic E-state index is 0.435. The highest BCUT2D eigenvalue weighted by molar-refractivity contribution is 9.10. The molecule has 1 aromatic heterocycles. The van der Waals surface area contributed by atoms with E-state index in [1.165, 1.54) is 11.8 Å². The third kappa shape index (κ3) is 3.39. The van der Waals surface area contributed by atoms with Crippen LogP contribution in [0.15, 0.2) is 52.1 Å². The lowest BCUT2D eigenvalue weighted by Gasteiger charge is -2.20. The molecule has 1 atom stereocenters. The Kier molecular flexibility index (Phi) is 5.02. The zero-order valence-electron chi connectivity index (χ0n) is 13.7. The molecule has 0 bridgehead atoms. The first kappa shape index (κ1) is 17.6. The lowest BCUT2D eigenvalue weighted by atomic mass is 10.1. The van der Waals surface area contributed by atoms with Crippen molar-refractivity contribution in [2.75, 3.05) is 11.1 Å². The van der Waals surface area contributed by atoms with Crippen LogP contribution in [-0.2, 0) is 0 Å². The molecule has 1 aliphatic heterocycles. The Morgan fingerprint density at radius 1 is 1.23 bits per heavy atom. The molecule has 0 saturated heterocycles. The summed E-state index contributed by atoms with van der Waals surface area (Å²) in [6.07, 6.45) is -0.485. The van der Waals surface area contributed by atoms with Crippen molar-refractivity contribution in [1.82, 2.24) is 15.2 Å². The molecular weight excluding hydrogens is 436 g/mol. The van der Waals surface area contributed by atoms with E-state index >= 15 is 0 Å². The molecule has 2 aromatic carbocycles. The van der Waals surface area contributed by atoms with Crippen LogP contribution in [0.5, 0.6) is 5.88 Å². The zero-order chi connectivity index (χ0) is 18.1. The first-order valence-electron chi connectivity index (χ1n) is 8.00. The Hall–Kier alpha value is -1.83. The molecule has 4 rings (SSSR count). The standard InChI is InChI=1S/C18H14BrClN4OS/c1-2-26-18-22-17-15(23-24-18)12-9-10(19)7-8-14(12)21-16(25-17)11-5-3-4-6-13(11)20/h3-9,16,21H,2H2,1H3/t16-/m1/s1. The van der Waals surface area contributed by atoms with Crippen LogP contribution in [-0.4, -0.2) is 20.9 Å². The van der Waals surface area contributed by atoms with Crippen LogP contribution >= 0.6 is 39.3 Å². The fraction of sp³-hybridized carbons (Fsp3) is 0.167. The predicted molar refractivity (Wildman–Crippen MR) is 108 cm³/mol. The molecule has 0 unspecified atom stereocenters. The molecular formula is C18H14BrClN4OS. The maximum atomic E-state index is 6.39. The fourth-order valence-corrected chi connectivity index (χ4v) is 3.79. The summed E-state index contributed by atoms with van der Waals surface area (Å²) in [5, 5.41) is 13.2. The summed E-state index contributed by atoms with van der Waals surface area (Å²) in [5.74, 6) is 1.29. The number of anilines is 1. The summed E-state index contributed by atoms with van der Waals surface area (Å²) < 4.78 is 7.13. The van der Waals surface area contributed by atoms with Gasteiger partial charge >= 0.3 is 0 Å². The molecule has 0 fully saturated rings. The van der Waals surface area contributed by atoms with E-state index in [1.807, 2.05) is 49.4 Å². The van der Waals surface area contributed by atoms with Gasteiger partial charge in [0, 0.05) is 26.3 Å².